The van der Waals surface area contributed by atoms with E-state index in [1.165, 1.54) is 18.9 Å². The van der Waals surface area contributed by atoms with Gasteiger partial charge in [-0.1, -0.05) is 54.1 Å². The summed E-state index contributed by atoms with van der Waals surface area (Å²) in [5, 5.41) is 11.5. The maximum Gasteiger partial charge on any atom is 0.237 e. The first-order valence-corrected chi connectivity index (χ1v) is 13.7. The number of benzene rings is 2. The van der Waals surface area contributed by atoms with Crippen molar-refractivity contribution in [1.29, 1.82) is 0 Å². The van der Waals surface area contributed by atoms with Crippen molar-refractivity contribution in [3.8, 4) is 5.75 Å². The molecule has 1 N–H and O–H groups in total. The molecule has 1 unspecified atom stereocenters. The van der Waals surface area contributed by atoms with Gasteiger partial charge in [0.15, 0.2) is 15.0 Å². The number of aromatic nitrogens is 3. The second-order valence-corrected chi connectivity index (χ2v) is 11.3. The molecule has 1 heterocycles. The highest BCUT2D eigenvalue weighted by Gasteiger charge is 2.25. The highest BCUT2D eigenvalue weighted by Crippen LogP contribution is 2.30. The zero-order valence-electron chi connectivity index (χ0n) is 19.7. The Morgan fingerprint density at radius 3 is 2.57 bits per heavy atom. The minimum Gasteiger partial charge on any atom is -0.495 e. The number of thioether (sulfide) groups is 1. The number of hydrogen-bond acceptors (Lipinski definition) is 7. The highest BCUT2D eigenvalue weighted by molar-refractivity contribution is 8.00. The third kappa shape index (κ3) is 6.65. The Morgan fingerprint density at radius 1 is 1.26 bits per heavy atom. The van der Waals surface area contributed by atoms with Crippen molar-refractivity contribution < 1.29 is 17.9 Å². The molecule has 0 aliphatic rings. The van der Waals surface area contributed by atoms with Crippen LogP contribution in [-0.4, -0.2) is 41.4 Å². The molecule has 1 amide bonds. The lowest BCUT2D eigenvalue weighted by atomic mass is 10.2. The predicted octanol–water partition coefficient (Wildman–Crippen LogP) is 4.92. The fourth-order valence-electron chi connectivity index (χ4n) is 3.24. The van der Waals surface area contributed by atoms with Gasteiger partial charge in [0, 0.05) is 12.2 Å². The molecule has 0 saturated carbocycles. The Hall–Kier alpha value is -2.82. The highest BCUT2D eigenvalue weighted by atomic mass is 35.5. The zero-order valence-corrected chi connectivity index (χ0v) is 22.1. The lowest BCUT2D eigenvalue weighted by Crippen LogP contribution is -2.25. The average Bonchev–Trinajstić information content (AvgIpc) is 3.18. The Balaban J connectivity index is 1.79. The van der Waals surface area contributed by atoms with Crippen molar-refractivity contribution >= 4 is 44.8 Å². The van der Waals surface area contributed by atoms with Crippen molar-refractivity contribution in [3.05, 3.63) is 71.5 Å². The van der Waals surface area contributed by atoms with Crippen LogP contribution in [0.5, 0.6) is 5.75 Å². The number of carbonyl (C=O) groups excluding carboxylic acids is 1. The van der Waals surface area contributed by atoms with E-state index in [2.05, 4.69) is 22.1 Å². The van der Waals surface area contributed by atoms with Crippen molar-refractivity contribution in [2.75, 3.05) is 12.4 Å². The van der Waals surface area contributed by atoms with Crippen LogP contribution in [0.3, 0.4) is 0 Å². The van der Waals surface area contributed by atoms with Crippen LogP contribution >= 0.6 is 23.4 Å². The van der Waals surface area contributed by atoms with Gasteiger partial charge >= 0.3 is 0 Å². The van der Waals surface area contributed by atoms with E-state index in [0.717, 1.165) is 5.56 Å². The van der Waals surface area contributed by atoms with Crippen molar-refractivity contribution in [3.63, 3.8) is 0 Å². The summed E-state index contributed by atoms with van der Waals surface area (Å²) in [6.45, 7) is 7.84. The molecule has 3 aromatic rings. The topological polar surface area (TPSA) is 103 Å². The molecule has 2 aromatic carbocycles. The van der Waals surface area contributed by atoms with Gasteiger partial charge in [-0.2, -0.15) is 0 Å². The van der Waals surface area contributed by atoms with Crippen molar-refractivity contribution in [2.24, 2.45) is 0 Å². The van der Waals surface area contributed by atoms with Crippen molar-refractivity contribution in [1.82, 2.24) is 14.8 Å². The normalized spacial score (nSPS) is 12.2. The lowest BCUT2D eigenvalue weighted by molar-refractivity contribution is -0.115. The van der Waals surface area contributed by atoms with Gasteiger partial charge in [-0.15, -0.1) is 16.8 Å². The predicted molar refractivity (Wildman–Crippen MR) is 139 cm³/mol. The first-order chi connectivity index (χ1) is 16.7. The Bertz CT molecular complexity index is 1310. The van der Waals surface area contributed by atoms with Gasteiger partial charge in [0.25, 0.3) is 0 Å². The summed E-state index contributed by atoms with van der Waals surface area (Å²) in [6, 6.07) is 11.7. The molecule has 0 spiro atoms. The molecule has 35 heavy (non-hydrogen) atoms. The molecule has 1 aromatic heterocycles. The summed E-state index contributed by atoms with van der Waals surface area (Å²) in [4.78, 5) is 13.2. The number of aryl methyl sites for hydroxylation is 1. The van der Waals surface area contributed by atoms with Gasteiger partial charge in [0.2, 0.25) is 5.91 Å². The summed E-state index contributed by atoms with van der Waals surface area (Å²) in [5.41, 5.74) is 1.51. The van der Waals surface area contributed by atoms with Crippen LogP contribution in [0.25, 0.3) is 0 Å². The van der Waals surface area contributed by atoms with Gasteiger partial charge in [-0.05, 0) is 43.7 Å². The fraction of sp³-hybridized carbons (Fsp3) is 0.292. The smallest absolute Gasteiger partial charge is 0.237 e. The molecule has 186 valence electrons. The number of hydrogen-bond donors (Lipinski definition) is 1. The summed E-state index contributed by atoms with van der Waals surface area (Å²) in [6.07, 6.45) is 2.15. The molecule has 11 heteroatoms. The standard InChI is InChI=1S/C24H27ClN4O4S2/c1-5-13-29-22(15-35(31,32)18-10-7-16(3)8-11-18)27-28-24(29)34-21(6-2)23(30)26-17-9-12-20(33-4)19(25)14-17/h5,7-12,14,21H,1,6,13,15H2,2-4H3,(H,26,30). The maximum absolute atomic E-state index is 13.0. The Labute approximate surface area is 214 Å². The van der Waals surface area contributed by atoms with Crippen LogP contribution in [0, 0.1) is 6.92 Å². The third-order valence-corrected chi connectivity index (χ3v) is 8.40. The molecule has 1 atom stereocenters. The second-order valence-electron chi connectivity index (χ2n) is 7.72. The number of allylic oxidation sites excluding steroid dienone is 1. The largest absolute Gasteiger partial charge is 0.495 e. The molecule has 0 saturated heterocycles. The van der Waals surface area contributed by atoms with E-state index in [0.29, 0.717) is 34.6 Å². The number of sulfone groups is 1. The van der Waals surface area contributed by atoms with Gasteiger partial charge in [-0.3, -0.25) is 4.79 Å². The van der Waals surface area contributed by atoms with Gasteiger partial charge in [0.05, 0.1) is 22.3 Å². The number of nitrogens with one attached hydrogen (secondary N) is 1. The van der Waals surface area contributed by atoms with Crippen molar-refractivity contribution in [2.45, 2.75) is 47.9 Å². The summed E-state index contributed by atoms with van der Waals surface area (Å²) < 4.78 is 32.7. The molecular formula is C24H27ClN4O4S2. The van der Waals surface area contributed by atoms with E-state index < -0.39 is 15.1 Å². The monoisotopic (exact) mass is 534 g/mol. The first-order valence-electron chi connectivity index (χ1n) is 10.8. The summed E-state index contributed by atoms with van der Waals surface area (Å²) in [5.74, 6) is 0.243. The fourth-order valence-corrected chi connectivity index (χ4v) is 5.75. The third-order valence-electron chi connectivity index (χ3n) is 5.13. The Morgan fingerprint density at radius 2 is 1.97 bits per heavy atom. The summed E-state index contributed by atoms with van der Waals surface area (Å²) in [7, 11) is -2.11. The van der Waals surface area contributed by atoms with E-state index in [9.17, 15) is 13.2 Å². The first kappa shape index (κ1) is 26.8. The number of halogens is 1. The maximum atomic E-state index is 13.0. The Kier molecular flexibility index (Phi) is 8.98. The quantitative estimate of drug-likeness (QED) is 0.275. The average molecular weight is 535 g/mol. The number of carbonyl (C=O) groups is 1. The molecule has 0 fully saturated rings. The molecular weight excluding hydrogens is 508 g/mol. The molecule has 0 aliphatic carbocycles. The van der Waals surface area contributed by atoms with E-state index >= 15 is 0 Å². The van der Waals surface area contributed by atoms with E-state index in [1.807, 2.05) is 13.8 Å². The van der Waals surface area contributed by atoms with Gasteiger partial charge in [-0.25, -0.2) is 8.42 Å². The minimum absolute atomic E-state index is 0.217. The molecule has 3 rings (SSSR count). The number of nitrogens with zero attached hydrogens (tertiary/aromatic N) is 3. The van der Waals surface area contributed by atoms with Gasteiger partial charge in [0.1, 0.15) is 17.3 Å². The minimum atomic E-state index is -3.63. The van der Waals surface area contributed by atoms with Crippen LogP contribution in [0.2, 0.25) is 5.02 Å². The molecule has 0 aliphatic heterocycles. The van der Waals surface area contributed by atoms with Crippen LogP contribution in [0.15, 0.2) is 65.2 Å². The zero-order chi connectivity index (χ0) is 25.6. The van der Waals surface area contributed by atoms with E-state index in [1.54, 1.807) is 53.1 Å². The summed E-state index contributed by atoms with van der Waals surface area (Å²) >= 11 is 7.37. The van der Waals surface area contributed by atoms with Crippen LogP contribution < -0.4 is 10.1 Å². The second kappa shape index (κ2) is 11.7. The molecule has 8 nitrogen and oxygen atoms in total. The van der Waals surface area contributed by atoms with Crippen LogP contribution in [-0.2, 0) is 26.9 Å². The number of ether oxygens (including phenoxy) is 1. The molecule has 0 radical (unpaired) electrons. The van der Waals surface area contributed by atoms with E-state index in [4.69, 9.17) is 16.3 Å². The number of anilines is 1. The van der Waals surface area contributed by atoms with Gasteiger partial charge < -0.3 is 14.6 Å². The van der Waals surface area contributed by atoms with Crippen LogP contribution in [0.4, 0.5) is 5.69 Å². The number of amides is 1. The SMILES string of the molecule is C=CCn1c(CS(=O)(=O)c2ccc(C)cc2)nnc1SC(CC)C(=O)Nc1ccc(OC)c(Cl)c1. The van der Waals surface area contributed by atoms with Crippen LogP contribution in [0.1, 0.15) is 24.7 Å². The lowest BCUT2D eigenvalue weighted by Gasteiger charge is -2.16. The number of methoxy groups -OCH3 is 1. The number of rotatable bonds is 11. The molecule has 0 bridgehead atoms. The van der Waals surface area contributed by atoms with E-state index in [-0.39, 0.29) is 22.4 Å².